The van der Waals surface area contributed by atoms with Gasteiger partial charge in [0.15, 0.2) is 0 Å². The first kappa shape index (κ1) is 12.0. The van der Waals surface area contributed by atoms with Crippen molar-refractivity contribution in [1.82, 2.24) is 5.32 Å². The van der Waals surface area contributed by atoms with Crippen molar-refractivity contribution in [3.8, 4) is 0 Å². The van der Waals surface area contributed by atoms with Gasteiger partial charge in [-0.2, -0.15) is 0 Å². The van der Waals surface area contributed by atoms with E-state index in [0.717, 1.165) is 4.88 Å². The maximum Gasteiger partial charge on any atom is 0.261 e. The van der Waals surface area contributed by atoms with Crippen LogP contribution in [0.1, 0.15) is 27.9 Å². The van der Waals surface area contributed by atoms with Crippen LogP contribution in [0.3, 0.4) is 0 Å². The van der Waals surface area contributed by atoms with Gasteiger partial charge in [-0.25, -0.2) is 0 Å². The Morgan fingerprint density at radius 1 is 1.73 bits per heavy atom. The lowest BCUT2D eigenvalue weighted by Gasteiger charge is -2.12. The number of carbonyl (C=O) groups excluding carboxylic acids is 1. The van der Waals surface area contributed by atoms with Gasteiger partial charge in [-0.1, -0.05) is 6.92 Å². The molecule has 0 fully saturated rings. The molecule has 4 nitrogen and oxygen atoms in total. The summed E-state index contributed by atoms with van der Waals surface area (Å²) in [4.78, 5) is 13.2. The van der Waals surface area contributed by atoms with E-state index < -0.39 is 0 Å². The van der Waals surface area contributed by atoms with E-state index in [1.54, 1.807) is 6.07 Å². The number of aryl methyl sites for hydroxylation is 1. The van der Waals surface area contributed by atoms with Crippen molar-refractivity contribution < 1.29 is 9.90 Å². The molecule has 5 heteroatoms. The lowest BCUT2D eigenvalue weighted by Crippen LogP contribution is -2.36. The summed E-state index contributed by atoms with van der Waals surface area (Å²) in [6.45, 7) is 3.75. The lowest BCUT2D eigenvalue weighted by atomic mass is 10.2. The molecule has 1 aromatic rings. The molecule has 0 unspecified atom stereocenters. The average Bonchev–Trinajstić information content (AvgIpc) is 2.55. The summed E-state index contributed by atoms with van der Waals surface area (Å²) >= 11 is 1.37. The van der Waals surface area contributed by atoms with Crippen LogP contribution in [0.2, 0.25) is 0 Å². The number of aliphatic hydroxyl groups excluding tert-OH is 1. The molecule has 1 amide bonds. The molecule has 0 saturated heterocycles. The maximum absolute atomic E-state index is 11.7. The summed E-state index contributed by atoms with van der Waals surface area (Å²) in [6, 6.07) is 1.49. The number of hydrogen-bond donors (Lipinski definition) is 3. The number of rotatable bonds is 4. The van der Waals surface area contributed by atoms with E-state index in [1.807, 2.05) is 13.8 Å². The van der Waals surface area contributed by atoms with Crippen LogP contribution >= 0.6 is 11.3 Å². The second-order valence-corrected chi connectivity index (χ2v) is 4.64. The van der Waals surface area contributed by atoms with Gasteiger partial charge in [-0.05, 0) is 19.4 Å². The standard InChI is InChI=1S/C10H16N2O2S/c1-3-7(5-13)12-10(14)9-4-8(11)6(2)15-9/h4,7,13H,3,5,11H2,1-2H3,(H,12,14)/t7-/m0/s1. The van der Waals surface area contributed by atoms with Crippen LogP contribution in [0, 0.1) is 6.92 Å². The van der Waals surface area contributed by atoms with Crippen LogP contribution in [0.15, 0.2) is 6.07 Å². The minimum Gasteiger partial charge on any atom is -0.398 e. The number of aliphatic hydroxyl groups is 1. The topological polar surface area (TPSA) is 75.3 Å². The van der Waals surface area contributed by atoms with Gasteiger partial charge < -0.3 is 16.2 Å². The van der Waals surface area contributed by atoms with E-state index in [4.69, 9.17) is 10.8 Å². The smallest absolute Gasteiger partial charge is 0.261 e. The number of nitrogens with two attached hydrogens (primary N) is 1. The third-order valence-electron chi connectivity index (χ3n) is 2.23. The molecule has 15 heavy (non-hydrogen) atoms. The molecule has 0 aliphatic rings. The molecule has 0 aliphatic carbocycles. The van der Waals surface area contributed by atoms with Gasteiger partial charge in [0, 0.05) is 10.6 Å². The molecule has 0 bridgehead atoms. The summed E-state index contributed by atoms with van der Waals surface area (Å²) < 4.78 is 0. The minimum atomic E-state index is -0.180. The van der Waals surface area contributed by atoms with Crippen LogP contribution < -0.4 is 11.1 Å². The monoisotopic (exact) mass is 228 g/mol. The van der Waals surface area contributed by atoms with Crippen LogP contribution in [-0.4, -0.2) is 23.7 Å². The van der Waals surface area contributed by atoms with Crippen molar-refractivity contribution in [2.45, 2.75) is 26.3 Å². The van der Waals surface area contributed by atoms with Crippen LogP contribution in [0.5, 0.6) is 0 Å². The molecule has 4 N–H and O–H groups in total. The molecule has 0 aliphatic heterocycles. The Balaban J connectivity index is 2.68. The van der Waals surface area contributed by atoms with Gasteiger partial charge >= 0.3 is 0 Å². The van der Waals surface area contributed by atoms with E-state index in [9.17, 15) is 4.79 Å². The van der Waals surface area contributed by atoms with Gasteiger partial charge in [0.25, 0.3) is 5.91 Å². The van der Waals surface area contributed by atoms with E-state index in [1.165, 1.54) is 11.3 Å². The zero-order chi connectivity index (χ0) is 11.4. The highest BCUT2D eigenvalue weighted by molar-refractivity contribution is 7.14. The minimum absolute atomic E-state index is 0.0396. The third-order valence-corrected chi connectivity index (χ3v) is 3.29. The molecule has 84 valence electrons. The number of hydrogen-bond acceptors (Lipinski definition) is 4. The highest BCUT2D eigenvalue weighted by atomic mass is 32.1. The largest absolute Gasteiger partial charge is 0.398 e. The number of carbonyl (C=O) groups is 1. The highest BCUT2D eigenvalue weighted by Gasteiger charge is 2.14. The Morgan fingerprint density at radius 3 is 2.80 bits per heavy atom. The normalized spacial score (nSPS) is 12.5. The van der Waals surface area contributed by atoms with Crippen LogP contribution in [0.25, 0.3) is 0 Å². The lowest BCUT2D eigenvalue weighted by molar-refractivity contribution is 0.0919. The van der Waals surface area contributed by atoms with Gasteiger partial charge in [-0.15, -0.1) is 11.3 Å². The molecule has 0 spiro atoms. The third kappa shape index (κ3) is 2.94. The van der Waals surface area contributed by atoms with E-state index in [2.05, 4.69) is 5.32 Å². The van der Waals surface area contributed by atoms with Gasteiger partial charge in [0.1, 0.15) is 0 Å². The number of amides is 1. The molecule has 1 atom stereocenters. The van der Waals surface area contributed by atoms with Crippen molar-refractivity contribution in [1.29, 1.82) is 0 Å². The first-order valence-corrected chi connectivity index (χ1v) is 5.67. The summed E-state index contributed by atoms with van der Waals surface area (Å²) in [5, 5.41) is 11.7. The van der Waals surface area contributed by atoms with Crippen molar-refractivity contribution in [3.05, 3.63) is 15.8 Å². The Kier molecular flexibility index (Phi) is 4.11. The molecule has 1 rings (SSSR count). The Bertz CT molecular complexity index is 326. The van der Waals surface area contributed by atoms with E-state index in [-0.39, 0.29) is 18.6 Å². The van der Waals surface area contributed by atoms with Gasteiger partial charge in [0.2, 0.25) is 0 Å². The van der Waals surface area contributed by atoms with Crippen LogP contribution in [-0.2, 0) is 0 Å². The van der Waals surface area contributed by atoms with Gasteiger partial charge in [0.05, 0.1) is 17.5 Å². The maximum atomic E-state index is 11.7. The molecular formula is C10H16N2O2S. The average molecular weight is 228 g/mol. The Morgan fingerprint density at radius 2 is 2.40 bits per heavy atom. The fraction of sp³-hybridized carbons (Fsp3) is 0.500. The second-order valence-electron chi connectivity index (χ2n) is 3.38. The number of nitrogen functional groups attached to an aromatic ring is 1. The molecule has 1 heterocycles. The highest BCUT2D eigenvalue weighted by Crippen LogP contribution is 2.23. The molecule has 0 radical (unpaired) electrons. The van der Waals surface area contributed by atoms with E-state index in [0.29, 0.717) is 17.0 Å². The predicted octanol–water partition coefficient (Wildman–Crippen LogP) is 1.14. The zero-order valence-electron chi connectivity index (χ0n) is 8.91. The number of thiophene rings is 1. The van der Waals surface area contributed by atoms with Crippen LogP contribution in [0.4, 0.5) is 5.69 Å². The SMILES string of the molecule is CC[C@@H](CO)NC(=O)c1cc(N)c(C)s1. The van der Waals surface area contributed by atoms with Gasteiger partial charge in [-0.3, -0.25) is 4.79 Å². The quantitative estimate of drug-likeness (QED) is 0.723. The summed E-state index contributed by atoms with van der Waals surface area (Å²) in [6.07, 6.45) is 0.710. The van der Waals surface area contributed by atoms with Crippen molar-refractivity contribution in [2.75, 3.05) is 12.3 Å². The first-order chi connectivity index (χ1) is 7.08. The first-order valence-electron chi connectivity index (χ1n) is 4.86. The summed E-state index contributed by atoms with van der Waals surface area (Å²) in [7, 11) is 0. The number of anilines is 1. The second kappa shape index (κ2) is 5.14. The summed E-state index contributed by atoms with van der Waals surface area (Å²) in [5.41, 5.74) is 6.30. The molecular weight excluding hydrogens is 212 g/mol. The molecule has 1 aromatic heterocycles. The summed E-state index contributed by atoms with van der Waals surface area (Å²) in [5.74, 6) is -0.166. The molecule has 0 saturated carbocycles. The molecule has 0 aromatic carbocycles. The van der Waals surface area contributed by atoms with Crippen molar-refractivity contribution in [2.24, 2.45) is 0 Å². The fourth-order valence-corrected chi connectivity index (χ4v) is 1.99. The Hall–Kier alpha value is -1.07. The van der Waals surface area contributed by atoms with E-state index >= 15 is 0 Å². The predicted molar refractivity (Wildman–Crippen MR) is 62.1 cm³/mol. The Labute approximate surface area is 93.1 Å². The van der Waals surface area contributed by atoms with Crippen molar-refractivity contribution in [3.63, 3.8) is 0 Å². The van der Waals surface area contributed by atoms with Crippen molar-refractivity contribution >= 4 is 22.9 Å². The zero-order valence-corrected chi connectivity index (χ0v) is 9.73. The number of nitrogens with one attached hydrogen (secondary N) is 1. The fourth-order valence-electron chi connectivity index (χ4n) is 1.14.